The molecule has 0 aliphatic carbocycles. The molecular weight excluding hydrogens is 232 g/mol. The second-order valence-electron chi connectivity index (χ2n) is 4.43. The number of imidazole rings is 1. The lowest BCUT2D eigenvalue weighted by Crippen LogP contribution is -2.35. The largest absolute Gasteiger partial charge is 0.369 e. The van der Waals surface area contributed by atoms with Crippen LogP contribution in [0.2, 0.25) is 0 Å². The summed E-state index contributed by atoms with van der Waals surface area (Å²) in [6.07, 6.45) is 1.68. The Kier molecular flexibility index (Phi) is 3.08. The maximum atomic E-state index is 11.7. The first-order valence-corrected chi connectivity index (χ1v) is 6.02. The standard InChI is InChI=1S/C11H18N6O/c1-3-11(4-2,5-12)9-14-6-7(15-9)16-10(13)17-8(6)18/h3-5,12H2,1-2H3,(H4,13,14,15,16,17,18). The Labute approximate surface area is 104 Å². The zero-order valence-corrected chi connectivity index (χ0v) is 10.6. The molecule has 0 saturated heterocycles. The molecule has 2 rings (SSSR count). The average Bonchev–Trinajstić information content (AvgIpc) is 2.77. The van der Waals surface area contributed by atoms with Gasteiger partial charge in [-0.2, -0.15) is 4.98 Å². The molecule has 0 amide bonds. The van der Waals surface area contributed by atoms with Crippen LogP contribution in [0.3, 0.4) is 0 Å². The summed E-state index contributed by atoms with van der Waals surface area (Å²) in [5.74, 6) is 0.769. The number of nitrogens with one attached hydrogen (secondary N) is 2. The van der Waals surface area contributed by atoms with E-state index in [0.29, 0.717) is 23.5 Å². The van der Waals surface area contributed by atoms with Crippen LogP contribution in [-0.2, 0) is 5.41 Å². The summed E-state index contributed by atoms with van der Waals surface area (Å²) in [5, 5.41) is 0. The quantitative estimate of drug-likeness (QED) is 0.618. The molecule has 7 heteroatoms. The number of nitrogens with two attached hydrogens (primary N) is 2. The van der Waals surface area contributed by atoms with Gasteiger partial charge in [-0.05, 0) is 12.8 Å². The normalized spacial score (nSPS) is 12.2. The second-order valence-corrected chi connectivity index (χ2v) is 4.43. The smallest absolute Gasteiger partial charge is 0.278 e. The van der Waals surface area contributed by atoms with E-state index in [1.807, 2.05) is 0 Å². The Bertz CT molecular complexity index is 601. The molecule has 0 bridgehead atoms. The van der Waals surface area contributed by atoms with E-state index in [1.165, 1.54) is 0 Å². The fourth-order valence-corrected chi connectivity index (χ4v) is 2.15. The van der Waals surface area contributed by atoms with Crippen molar-refractivity contribution in [2.24, 2.45) is 5.73 Å². The van der Waals surface area contributed by atoms with Crippen molar-refractivity contribution < 1.29 is 0 Å². The first-order chi connectivity index (χ1) is 8.56. The van der Waals surface area contributed by atoms with Gasteiger partial charge in [-0.1, -0.05) is 13.8 Å². The lowest BCUT2D eigenvalue weighted by Gasteiger charge is -2.27. The summed E-state index contributed by atoms with van der Waals surface area (Å²) < 4.78 is 0. The molecular formula is C11H18N6O. The minimum Gasteiger partial charge on any atom is -0.369 e. The van der Waals surface area contributed by atoms with Gasteiger partial charge in [-0.3, -0.25) is 9.78 Å². The molecule has 0 aromatic carbocycles. The van der Waals surface area contributed by atoms with E-state index in [9.17, 15) is 4.79 Å². The van der Waals surface area contributed by atoms with Gasteiger partial charge < -0.3 is 16.5 Å². The van der Waals surface area contributed by atoms with E-state index < -0.39 is 0 Å². The van der Waals surface area contributed by atoms with Crippen LogP contribution in [0.5, 0.6) is 0 Å². The molecule has 7 nitrogen and oxygen atoms in total. The number of anilines is 1. The fourth-order valence-electron chi connectivity index (χ4n) is 2.15. The Hall–Kier alpha value is -1.89. The van der Waals surface area contributed by atoms with Gasteiger partial charge >= 0.3 is 0 Å². The van der Waals surface area contributed by atoms with Gasteiger partial charge in [0, 0.05) is 12.0 Å². The molecule has 2 heterocycles. The van der Waals surface area contributed by atoms with E-state index in [4.69, 9.17) is 11.5 Å². The molecule has 18 heavy (non-hydrogen) atoms. The Balaban J connectivity index is 2.66. The highest BCUT2D eigenvalue weighted by atomic mass is 16.1. The van der Waals surface area contributed by atoms with Gasteiger partial charge in [0.15, 0.2) is 11.2 Å². The van der Waals surface area contributed by atoms with Crippen molar-refractivity contribution in [3.63, 3.8) is 0 Å². The van der Waals surface area contributed by atoms with Crippen LogP contribution in [0.4, 0.5) is 5.95 Å². The SMILES string of the molecule is CCC(CC)(CN)c1nc2nc(N)[nH]c(=O)c2[nH]1. The monoisotopic (exact) mass is 250 g/mol. The highest BCUT2D eigenvalue weighted by Gasteiger charge is 2.30. The first-order valence-electron chi connectivity index (χ1n) is 6.02. The van der Waals surface area contributed by atoms with Crippen LogP contribution in [0.1, 0.15) is 32.5 Å². The van der Waals surface area contributed by atoms with Crippen LogP contribution in [0.25, 0.3) is 11.2 Å². The molecule has 0 spiro atoms. The van der Waals surface area contributed by atoms with E-state index in [-0.39, 0.29) is 16.9 Å². The van der Waals surface area contributed by atoms with E-state index in [2.05, 4.69) is 33.8 Å². The summed E-state index contributed by atoms with van der Waals surface area (Å²) >= 11 is 0. The summed E-state index contributed by atoms with van der Waals surface area (Å²) in [4.78, 5) is 25.6. The molecule has 0 radical (unpaired) electrons. The summed E-state index contributed by atoms with van der Waals surface area (Å²) in [6.45, 7) is 4.57. The molecule has 98 valence electrons. The summed E-state index contributed by atoms with van der Waals surface area (Å²) in [7, 11) is 0. The zero-order valence-electron chi connectivity index (χ0n) is 10.6. The van der Waals surface area contributed by atoms with E-state index in [1.54, 1.807) is 0 Å². The minimum atomic E-state index is -0.311. The maximum Gasteiger partial charge on any atom is 0.278 e. The van der Waals surface area contributed by atoms with Gasteiger partial charge in [0.2, 0.25) is 5.95 Å². The lowest BCUT2D eigenvalue weighted by molar-refractivity contribution is 0.387. The highest BCUT2D eigenvalue weighted by molar-refractivity contribution is 5.70. The predicted octanol–water partition coefficient (Wildman–Crippen LogP) is 0.245. The average molecular weight is 250 g/mol. The number of aromatic amines is 2. The molecule has 0 saturated carbocycles. The van der Waals surface area contributed by atoms with Crippen molar-refractivity contribution >= 4 is 17.1 Å². The third-order valence-corrected chi connectivity index (χ3v) is 3.63. The number of nitrogen functional groups attached to an aromatic ring is 1. The molecule has 0 aliphatic heterocycles. The molecule has 6 N–H and O–H groups in total. The van der Waals surface area contributed by atoms with Crippen LogP contribution in [0, 0.1) is 0 Å². The van der Waals surface area contributed by atoms with Crippen LogP contribution in [-0.4, -0.2) is 26.5 Å². The second kappa shape index (κ2) is 4.41. The van der Waals surface area contributed by atoms with Crippen molar-refractivity contribution in [1.29, 1.82) is 0 Å². The Morgan fingerprint density at radius 2 is 1.89 bits per heavy atom. The number of H-pyrrole nitrogens is 2. The Morgan fingerprint density at radius 1 is 1.22 bits per heavy atom. The number of aromatic nitrogens is 4. The number of nitrogens with zero attached hydrogens (tertiary/aromatic N) is 2. The molecule has 2 aromatic heterocycles. The fraction of sp³-hybridized carbons (Fsp3) is 0.545. The zero-order chi connectivity index (χ0) is 13.3. The number of rotatable bonds is 4. The molecule has 0 unspecified atom stereocenters. The molecule has 0 atom stereocenters. The lowest BCUT2D eigenvalue weighted by atomic mass is 9.82. The molecule has 0 fully saturated rings. The van der Waals surface area contributed by atoms with Gasteiger partial charge in [-0.15, -0.1) is 0 Å². The summed E-state index contributed by atoms with van der Waals surface area (Å²) in [6, 6.07) is 0. The first kappa shape index (κ1) is 12.6. The van der Waals surface area contributed by atoms with Crippen LogP contribution < -0.4 is 17.0 Å². The number of hydrogen-bond donors (Lipinski definition) is 4. The van der Waals surface area contributed by atoms with Crippen LogP contribution in [0.15, 0.2) is 4.79 Å². The number of fused-ring (bicyclic) bond motifs is 1. The van der Waals surface area contributed by atoms with Crippen LogP contribution >= 0.6 is 0 Å². The van der Waals surface area contributed by atoms with Crippen molar-refractivity contribution in [1.82, 2.24) is 19.9 Å². The van der Waals surface area contributed by atoms with Gasteiger partial charge in [0.1, 0.15) is 5.82 Å². The van der Waals surface area contributed by atoms with E-state index in [0.717, 1.165) is 12.8 Å². The van der Waals surface area contributed by atoms with Crippen molar-refractivity contribution in [3.05, 3.63) is 16.2 Å². The summed E-state index contributed by atoms with van der Waals surface area (Å²) in [5.41, 5.74) is 11.5. The van der Waals surface area contributed by atoms with Crippen molar-refractivity contribution in [2.45, 2.75) is 32.1 Å². The van der Waals surface area contributed by atoms with Crippen molar-refractivity contribution in [2.75, 3.05) is 12.3 Å². The molecule has 0 aliphatic rings. The minimum absolute atomic E-state index is 0.0666. The molecule has 2 aromatic rings. The third kappa shape index (κ3) is 1.76. The maximum absolute atomic E-state index is 11.7. The van der Waals surface area contributed by atoms with Gasteiger partial charge in [0.25, 0.3) is 5.56 Å². The topological polar surface area (TPSA) is 126 Å². The van der Waals surface area contributed by atoms with Crippen molar-refractivity contribution in [3.8, 4) is 0 Å². The van der Waals surface area contributed by atoms with Gasteiger partial charge in [-0.25, -0.2) is 4.98 Å². The number of hydrogen-bond acceptors (Lipinski definition) is 5. The van der Waals surface area contributed by atoms with E-state index >= 15 is 0 Å². The predicted molar refractivity (Wildman–Crippen MR) is 70.2 cm³/mol. The van der Waals surface area contributed by atoms with Gasteiger partial charge in [0.05, 0.1) is 0 Å². The highest BCUT2D eigenvalue weighted by Crippen LogP contribution is 2.28. The Morgan fingerprint density at radius 3 is 2.44 bits per heavy atom. The third-order valence-electron chi connectivity index (χ3n) is 3.63.